The Morgan fingerprint density at radius 1 is 1.50 bits per heavy atom. The van der Waals surface area contributed by atoms with Gasteiger partial charge >= 0.3 is 0 Å². The maximum atomic E-state index is 5.50. The van der Waals surface area contributed by atoms with E-state index in [0.717, 1.165) is 13.1 Å². The van der Waals surface area contributed by atoms with Gasteiger partial charge in [0.25, 0.3) is 0 Å². The Morgan fingerprint density at radius 2 is 2.36 bits per heavy atom. The Labute approximate surface area is 86.7 Å². The van der Waals surface area contributed by atoms with E-state index in [9.17, 15) is 0 Å². The van der Waals surface area contributed by atoms with E-state index < -0.39 is 0 Å². The average molecular weight is 195 g/mol. The molecule has 1 saturated carbocycles. The summed E-state index contributed by atoms with van der Waals surface area (Å²) in [5.74, 6) is 0. The normalized spacial score (nSPS) is 29.4. The van der Waals surface area contributed by atoms with E-state index in [4.69, 9.17) is 4.74 Å². The Kier molecular flexibility index (Phi) is 3.12. The van der Waals surface area contributed by atoms with Gasteiger partial charge in [0, 0.05) is 13.1 Å². The number of rotatable bonds is 4. The van der Waals surface area contributed by atoms with Crippen LogP contribution in [0.25, 0.3) is 0 Å². The fraction of sp³-hybridized carbons (Fsp3) is 0.833. The molecular weight excluding hydrogens is 174 g/mol. The van der Waals surface area contributed by atoms with Gasteiger partial charge in [0.05, 0.1) is 6.26 Å². The lowest BCUT2D eigenvalue weighted by atomic mass is 9.70. The number of nitrogens with one attached hydrogen (secondary N) is 1. The maximum absolute atomic E-state index is 5.50. The molecule has 14 heavy (non-hydrogen) atoms. The van der Waals surface area contributed by atoms with Crippen LogP contribution >= 0.6 is 0 Å². The standard InChI is InChI=1S/C12H21NO/c1-12(6-4-7-12)10-13-9-11-5-2-3-8-14-11/h3,8,11,13H,2,4-7,9-10H2,1H3. The maximum Gasteiger partial charge on any atom is 0.110 e. The summed E-state index contributed by atoms with van der Waals surface area (Å²) in [5, 5.41) is 3.54. The lowest BCUT2D eigenvalue weighted by molar-refractivity contribution is 0.106. The molecule has 1 atom stereocenters. The summed E-state index contributed by atoms with van der Waals surface area (Å²) in [6.07, 6.45) is 10.9. The second kappa shape index (κ2) is 4.35. The summed E-state index contributed by atoms with van der Waals surface area (Å²) < 4.78 is 5.50. The summed E-state index contributed by atoms with van der Waals surface area (Å²) in [7, 11) is 0. The highest BCUT2D eigenvalue weighted by molar-refractivity contribution is 4.87. The summed E-state index contributed by atoms with van der Waals surface area (Å²) in [6.45, 7) is 4.56. The minimum Gasteiger partial charge on any atom is -0.497 e. The molecule has 0 spiro atoms. The first-order valence-corrected chi connectivity index (χ1v) is 5.80. The van der Waals surface area contributed by atoms with Gasteiger partial charge in [-0.2, -0.15) is 0 Å². The second-order valence-corrected chi connectivity index (χ2v) is 5.00. The Morgan fingerprint density at radius 3 is 2.93 bits per heavy atom. The molecule has 2 heteroatoms. The second-order valence-electron chi connectivity index (χ2n) is 5.00. The quantitative estimate of drug-likeness (QED) is 0.744. The first-order valence-electron chi connectivity index (χ1n) is 5.80. The Balaban J connectivity index is 1.60. The molecule has 1 aliphatic heterocycles. The summed E-state index contributed by atoms with van der Waals surface area (Å²) in [6, 6.07) is 0. The van der Waals surface area contributed by atoms with Crippen LogP contribution in [0, 0.1) is 5.41 Å². The molecule has 2 rings (SSSR count). The van der Waals surface area contributed by atoms with Crippen LogP contribution in [0.5, 0.6) is 0 Å². The van der Waals surface area contributed by atoms with Crippen molar-refractivity contribution in [3.63, 3.8) is 0 Å². The van der Waals surface area contributed by atoms with E-state index in [0.29, 0.717) is 11.5 Å². The molecule has 1 heterocycles. The molecule has 0 aromatic rings. The summed E-state index contributed by atoms with van der Waals surface area (Å²) in [5.41, 5.74) is 0.588. The number of hydrogen-bond acceptors (Lipinski definition) is 2. The van der Waals surface area contributed by atoms with Crippen LogP contribution in [0.15, 0.2) is 12.3 Å². The van der Waals surface area contributed by atoms with Gasteiger partial charge in [-0.1, -0.05) is 13.3 Å². The molecule has 0 saturated heterocycles. The van der Waals surface area contributed by atoms with Gasteiger partial charge in [0.1, 0.15) is 6.10 Å². The van der Waals surface area contributed by atoms with Crippen LogP contribution in [-0.2, 0) is 4.74 Å². The third kappa shape index (κ3) is 2.50. The predicted octanol–water partition coefficient (Wildman–Crippen LogP) is 2.46. The first-order chi connectivity index (χ1) is 6.79. The fourth-order valence-corrected chi connectivity index (χ4v) is 2.23. The molecule has 0 bridgehead atoms. The smallest absolute Gasteiger partial charge is 0.110 e. The van der Waals surface area contributed by atoms with Gasteiger partial charge in [-0.3, -0.25) is 0 Å². The van der Waals surface area contributed by atoms with Crippen molar-refractivity contribution in [1.82, 2.24) is 5.32 Å². The van der Waals surface area contributed by atoms with Crippen molar-refractivity contribution in [1.29, 1.82) is 0 Å². The molecule has 80 valence electrons. The molecule has 1 N–H and O–H groups in total. The highest BCUT2D eigenvalue weighted by Crippen LogP contribution is 2.39. The van der Waals surface area contributed by atoms with Crippen molar-refractivity contribution in [3.8, 4) is 0 Å². The molecule has 1 unspecified atom stereocenters. The van der Waals surface area contributed by atoms with E-state index in [1.54, 1.807) is 0 Å². The average Bonchev–Trinajstić information content (AvgIpc) is 2.17. The van der Waals surface area contributed by atoms with Gasteiger partial charge in [0.15, 0.2) is 0 Å². The largest absolute Gasteiger partial charge is 0.497 e. The van der Waals surface area contributed by atoms with E-state index >= 15 is 0 Å². The van der Waals surface area contributed by atoms with Gasteiger partial charge in [0.2, 0.25) is 0 Å². The topological polar surface area (TPSA) is 21.3 Å². The molecule has 0 aromatic carbocycles. The van der Waals surface area contributed by atoms with Crippen LogP contribution in [0.3, 0.4) is 0 Å². The monoisotopic (exact) mass is 195 g/mol. The first kappa shape index (κ1) is 10.0. The van der Waals surface area contributed by atoms with E-state index in [1.165, 1.54) is 32.1 Å². The molecule has 0 aromatic heterocycles. The zero-order valence-electron chi connectivity index (χ0n) is 9.09. The van der Waals surface area contributed by atoms with Crippen LogP contribution in [-0.4, -0.2) is 19.2 Å². The minimum atomic E-state index is 0.406. The summed E-state index contributed by atoms with van der Waals surface area (Å²) in [4.78, 5) is 0. The highest BCUT2D eigenvalue weighted by atomic mass is 16.5. The lowest BCUT2D eigenvalue weighted by Crippen LogP contribution is -2.40. The molecule has 0 amide bonds. The Hall–Kier alpha value is -0.500. The number of hydrogen-bond donors (Lipinski definition) is 1. The van der Waals surface area contributed by atoms with Crippen molar-refractivity contribution < 1.29 is 4.74 Å². The van der Waals surface area contributed by atoms with Gasteiger partial charge in [-0.25, -0.2) is 0 Å². The molecule has 2 nitrogen and oxygen atoms in total. The third-order valence-electron chi connectivity index (χ3n) is 3.51. The summed E-state index contributed by atoms with van der Waals surface area (Å²) >= 11 is 0. The van der Waals surface area contributed by atoms with Crippen LogP contribution in [0.1, 0.15) is 39.0 Å². The van der Waals surface area contributed by atoms with Gasteiger partial charge in [-0.05, 0) is 37.2 Å². The number of ether oxygens (including phenoxy) is 1. The van der Waals surface area contributed by atoms with Crippen LogP contribution in [0.4, 0.5) is 0 Å². The fourth-order valence-electron chi connectivity index (χ4n) is 2.23. The highest BCUT2D eigenvalue weighted by Gasteiger charge is 2.31. The van der Waals surface area contributed by atoms with Crippen LogP contribution < -0.4 is 5.32 Å². The van der Waals surface area contributed by atoms with E-state index in [-0.39, 0.29) is 0 Å². The van der Waals surface area contributed by atoms with Crippen molar-refractivity contribution in [2.24, 2.45) is 5.41 Å². The molecule has 1 aliphatic carbocycles. The van der Waals surface area contributed by atoms with E-state index in [2.05, 4.69) is 18.3 Å². The van der Waals surface area contributed by atoms with Crippen LogP contribution in [0.2, 0.25) is 0 Å². The number of allylic oxidation sites excluding steroid dienone is 1. The van der Waals surface area contributed by atoms with Crippen molar-refractivity contribution in [2.45, 2.75) is 45.1 Å². The van der Waals surface area contributed by atoms with Gasteiger partial charge in [-0.15, -0.1) is 0 Å². The van der Waals surface area contributed by atoms with Crippen molar-refractivity contribution >= 4 is 0 Å². The predicted molar refractivity (Wildman–Crippen MR) is 58.1 cm³/mol. The zero-order valence-corrected chi connectivity index (χ0v) is 9.09. The van der Waals surface area contributed by atoms with Crippen molar-refractivity contribution in [2.75, 3.05) is 13.1 Å². The van der Waals surface area contributed by atoms with E-state index in [1.807, 2.05) is 6.26 Å². The Bertz CT molecular complexity index is 208. The molecule has 0 radical (unpaired) electrons. The molecule has 2 aliphatic rings. The van der Waals surface area contributed by atoms with Gasteiger partial charge < -0.3 is 10.1 Å². The SMILES string of the molecule is CC1(CNCC2CCC=CO2)CCC1. The minimum absolute atomic E-state index is 0.406. The third-order valence-corrected chi connectivity index (χ3v) is 3.51. The molecule has 1 fully saturated rings. The zero-order chi connectivity index (χ0) is 9.86. The van der Waals surface area contributed by atoms with Crippen molar-refractivity contribution in [3.05, 3.63) is 12.3 Å². The lowest BCUT2D eigenvalue weighted by Gasteiger charge is -2.39. The molecular formula is C12H21NO.